The lowest BCUT2D eigenvalue weighted by Crippen LogP contribution is -2.23. The summed E-state index contributed by atoms with van der Waals surface area (Å²) in [4.78, 5) is 11.2. The number of anilines is 1. The van der Waals surface area contributed by atoms with Crippen molar-refractivity contribution in [2.24, 2.45) is 5.14 Å². The van der Waals surface area contributed by atoms with Gasteiger partial charge in [-0.1, -0.05) is 0 Å². The lowest BCUT2D eigenvalue weighted by Gasteiger charge is -2.04. The van der Waals surface area contributed by atoms with Crippen LogP contribution in [0.5, 0.6) is 6.01 Å². The zero-order chi connectivity index (χ0) is 12.2. The maximum Gasteiger partial charge on any atom is 0.322 e. The van der Waals surface area contributed by atoms with Gasteiger partial charge in [-0.25, -0.2) is 13.6 Å². The zero-order valence-corrected chi connectivity index (χ0v) is 9.92. The fourth-order valence-corrected chi connectivity index (χ4v) is 1.35. The smallest absolute Gasteiger partial charge is 0.322 e. The van der Waals surface area contributed by atoms with Crippen LogP contribution in [0.4, 0.5) is 5.95 Å². The Hall–Kier alpha value is -1.19. The fourth-order valence-electron chi connectivity index (χ4n) is 0.807. The lowest BCUT2D eigenvalue weighted by molar-refractivity contribution is 0.379. The molecule has 0 aromatic carbocycles. The van der Waals surface area contributed by atoms with Crippen LogP contribution in [0, 0.1) is 0 Å². The Morgan fingerprint density at radius 3 is 2.69 bits per heavy atom. The molecule has 1 heterocycles. The van der Waals surface area contributed by atoms with Gasteiger partial charge in [0.2, 0.25) is 21.3 Å². The average Bonchev–Trinajstić information content (AvgIpc) is 2.14. The van der Waals surface area contributed by atoms with Crippen LogP contribution in [-0.4, -0.2) is 42.8 Å². The van der Waals surface area contributed by atoms with Crippen LogP contribution in [0.25, 0.3) is 0 Å². The molecule has 0 unspecified atom stereocenters. The molecule has 1 rings (SSSR count). The summed E-state index contributed by atoms with van der Waals surface area (Å²) in [5.41, 5.74) is 0. The number of aromatic nitrogens is 3. The molecular weight excluding hydrogens is 258 g/mol. The van der Waals surface area contributed by atoms with Crippen molar-refractivity contribution < 1.29 is 13.2 Å². The molecule has 0 bridgehead atoms. The second-order valence-corrected chi connectivity index (χ2v) is 4.78. The maximum atomic E-state index is 10.6. The SMILES string of the molecule is COc1nc(Cl)nc(NCCS(N)(=O)=O)n1. The van der Waals surface area contributed by atoms with Crippen molar-refractivity contribution in [3.63, 3.8) is 0 Å². The molecule has 1 aromatic heterocycles. The predicted octanol–water partition coefficient (Wildman–Crippen LogP) is -0.766. The summed E-state index contributed by atoms with van der Waals surface area (Å²) < 4.78 is 26.0. The highest BCUT2D eigenvalue weighted by Crippen LogP contribution is 2.10. The Morgan fingerprint density at radius 1 is 1.44 bits per heavy atom. The van der Waals surface area contributed by atoms with Crippen molar-refractivity contribution in [2.45, 2.75) is 0 Å². The number of methoxy groups -OCH3 is 1. The molecule has 10 heteroatoms. The Labute approximate surface area is 97.3 Å². The molecule has 0 aliphatic carbocycles. The Kier molecular flexibility index (Phi) is 4.21. The molecule has 0 saturated carbocycles. The Bertz CT molecular complexity index is 465. The summed E-state index contributed by atoms with van der Waals surface area (Å²) in [5, 5.41) is 7.39. The van der Waals surface area contributed by atoms with Crippen molar-refractivity contribution in [1.29, 1.82) is 0 Å². The molecule has 8 nitrogen and oxygen atoms in total. The summed E-state index contributed by atoms with van der Waals surface area (Å²) in [6.45, 7) is 0.0718. The van der Waals surface area contributed by atoms with Crippen molar-refractivity contribution in [2.75, 3.05) is 24.7 Å². The average molecular weight is 268 g/mol. The zero-order valence-electron chi connectivity index (χ0n) is 8.34. The van der Waals surface area contributed by atoms with Gasteiger partial charge < -0.3 is 10.1 Å². The van der Waals surface area contributed by atoms with Crippen molar-refractivity contribution in [3.8, 4) is 6.01 Å². The number of nitrogens with one attached hydrogen (secondary N) is 1. The first-order valence-corrected chi connectivity index (χ1v) is 6.20. The third-order valence-electron chi connectivity index (χ3n) is 1.44. The van der Waals surface area contributed by atoms with Crippen molar-refractivity contribution in [3.05, 3.63) is 5.28 Å². The van der Waals surface area contributed by atoms with Gasteiger partial charge in [0.1, 0.15) is 0 Å². The summed E-state index contributed by atoms with van der Waals surface area (Å²) in [7, 11) is -2.14. The van der Waals surface area contributed by atoms with Crippen LogP contribution >= 0.6 is 11.6 Å². The molecule has 0 radical (unpaired) electrons. The van der Waals surface area contributed by atoms with E-state index in [9.17, 15) is 8.42 Å². The lowest BCUT2D eigenvalue weighted by atomic mass is 10.7. The molecule has 90 valence electrons. The number of ether oxygens (including phenoxy) is 1. The van der Waals surface area contributed by atoms with E-state index in [2.05, 4.69) is 20.3 Å². The van der Waals surface area contributed by atoms with E-state index >= 15 is 0 Å². The Morgan fingerprint density at radius 2 is 2.12 bits per heavy atom. The van der Waals surface area contributed by atoms with Gasteiger partial charge in [0, 0.05) is 6.54 Å². The van der Waals surface area contributed by atoms with Gasteiger partial charge in [0.05, 0.1) is 12.9 Å². The van der Waals surface area contributed by atoms with E-state index in [1.54, 1.807) is 0 Å². The van der Waals surface area contributed by atoms with Gasteiger partial charge in [-0.15, -0.1) is 0 Å². The van der Waals surface area contributed by atoms with Crippen LogP contribution in [0.15, 0.2) is 0 Å². The van der Waals surface area contributed by atoms with Crippen LogP contribution in [0.3, 0.4) is 0 Å². The standard InChI is InChI=1S/C6H10ClN5O3S/c1-15-6-11-4(7)10-5(12-6)9-2-3-16(8,13)14/h2-3H2,1H3,(H2,8,13,14)(H,9,10,11,12). The molecule has 1 aromatic rings. The highest BCUT2D eigenvalue weighted by Gasteiger charge is 2.06. The van der Waals surface area contributed by atoms with Crippen molar-refractivity contribution >= 4 is 27.6 Å². The summed E-state index contributed by atoms with van der Waals surface area (Å²) >= 11 is 5.57. The number of nitrogens with zero attached hydrogens (tertiary/aromatic N) is 3. The molecule has 0 fully saturated rings. The third kappa shape index (κ3) is 4.55. The highest BCUT2D eigenvalue weighted by atomic mass is 35.5. The molecule has 0 aliphatic heterocycles. The van der Waals surface area contributed by atoms with Gasteiger partial charge in [0.25, 0.3) is 0 Å². The minimum atomic E-state index is -3.52. The topological polar surface area (TPSA) is 120 Å². The van der Waals surface area contributed by atoms with Crippen LogP contribution in [0.1, 0.15) is 0 Å². The molecular formula is C6H10ClN5O3S. The molecule has 0 saturated heterocycles. The quantitative estimate of drug-likeness (QED) is 0.719. The van der Waals surface area contributed by atoms with E-state index in [1.165, 1.54) is 7.11 Å². The number of sulfonamides is 1. The number of primary sulfonamides is 1. The van der Waals surface area contributed by atoms with Crippen LogP contribution in [-0.2, 0) is 10.0 Å². The first kappa shape index (κ1) is 12.9. The van der Waals surface area contributed by atoms with E-state index < -0.39 is 10.0 Å². The third-order valence-corrected chi connectivity index (χ3v) is 2.38. The van der Waals surface area contributed by atoms with E-state index in [4.69, 9.17) is 21.5 Å². The normalized spacial score (nSPS) is 11.2. The number of rotatable bonds is 5. The fraction of sp³-hybridized carbons (Fsp3) is 0.500. The van der Waals surface area contributed by atoms with Gasteiger partial charge in [0.15, 0.2) is 0 Å². The minimum absolute atomic E-state index is 0.0399. The molecule has 3 N–H and O–H groups in total. The van der Waals surface area contributed by atoms with E-state index in [0.29, 0.717) is 0 Å². The monoisotopic (exact) mass is 267 g/mol. The number of halogens is 1. The number of nitrogens with two attached hydrogens (primary N) is 1. The second-order valence-electron chi connectivity index (χ2n) is 2.71. The Balaban J connectivity index is 2.63. The van der Waals surface area contributed by atoms with Crippen LogP contribution < -0.4 is 15.2 Å². The first-order chi connectivity index (χ1) is 7.40. The number of hydrogen-bond donors (Lipinski definition) is 2. The minimum Gasteiger partial charge on any atom is -0.467 e. The predicted molar refractivity (Wildman–Crippen MR) is 57.9 cm³/mol. The summed E-state index contributed by atoms with van der Waals surface area (Å²) in [6, 6.07) is 0.0399. The highest BCUT2D eigenvalue weighted by molar-refractivity contribution is 7.89. The number of hydrogen-bond acceptors (Lipinski definition) is 7. The molecule has 0 amide bonds. The van der Waals surface area contributed by atoms with E-state index in [-0.39, 0.29) is 29.5 Å². The largest absolute Gasteiger partial charge is 0.467 e. The van der Waals surface area contributed by atoms with E-state index in [1.807, 2.05) is 0 Å². The second kappa shape index (κ2) is 5.23. The molecule has 0 atom stereocenters. The molecule has 16 heavy (non-hydrogen) atoms. The molecule has 0 aliphatic rings. The van der Waals surface area contributed by atoms with E-state index in [0.717, 1.165) is 0 Å². The summed E-state index contributed by atoms with van der Waals surface area (Å²) in [6.07, 6.45) is 0. The van der Waals surface area contributed by atoms with Gasteiger partial charge in [-0.2, -0.15) is 15.0 Å². The van der Waals surface area contributed by atoms with Crippen molar-refractivity contribution in [1.82, 2.24) is 15.0 Å². The van der Waals surface area contributed by atoms with Gasteiger partial charge >= 0.3 is 6.01 Å². The molecule has 0 spiro atoms. The van der Waals surface area contributed by atoms with Gasteiger partial charge in [-0.3, -0.25) is 0 Å². The maximum absolute atomic E-state index is 10.6. The van der Waals surface area contributed by atoms with Crippen LogP contribution in [0.2, 0.25) is 5.28 Å². The summed E-state index contributed by atoms with van der Waals surface area (Å²) in [5.74, 6) is -0.112. The first-order valence-electron chi connectivity index (χ1n) is 4.10. The van der Waals surface area contributed by atoms with Gasteiger partial charge in [-0.05, 0) is 11.6 Å².